The molecule has 0 aliphatic carbocycles. The molecule has 8 nitrogen and oxygen atoms in total. The second-order valence-electron chi connectivity index (χ2n) is 4.52. The van der Waals surface area contributed by atoms with Crippen molar-refractivity contribution in [3.8, 4) is 17.1 Å². The lowest BCUT2D eigenvalue weighted by Crippen LogP contribution is -2.17. The van der Waals surface area contributed by atoms with Crippen LogP contribution in [0.15, 0.2) is 40.8 Å². The molecule has 2 heterocycles. The van der Waals surface area contributed by atoms with Gasteiger partial charge in [0.15, 0.2) is 6.61 Å². The molecule has 0 bridgehead atoms. The molecule has 120 valence electrons. The highest BCUT2D eigenvalue weighted by atomic mass is 16.6. The normalized spacial score (nSPS) is 13.5. The summed E-state index contributed by atoms with van der Waals surface area (Å²) in [5.74, 6) is 0.608. The largest absolute Gasteiger partial charge is 0.497 e. The summed E-state index contributed by atoms with van der Waals surface area (Å²) in [4.78, 5) is 15.9. The summed E-state index contributed by atoms with van der Waals surface area (Å²) in [6, 6.07) is 7.23. The van der Waals surface area contributed by atoms with E-state index < -0.39 is 5.97 Å². The second-order valence-corrected chi connectivity index (χ2v) is 4.52. The van der Waals surface area contributed by atoms with Crippen LogP contribution in [0.3, 0.4) is 0 Å². The number of hydrogen-bond donors (Lipinski definition) is 0. The van der Waals surface area contributed by atoms with Crippen LogP contribution in [-0.2, 0) is 25.6 Å². The lowest BCUT2D eigenvalue weighted by molar-refractivity contribution is -0.146. The Bertz CT molecular complexity index is 724. The van der Waals surface area contributed by atoms with Crippen LogP contribution in [-0.4, -0.2) is 36.4 Å². The van der Waals surface area contributed by atoms with E-state index in [4.69, 9.17) is 23.5 Å². The Hall–Kier alpha value is -3.03. The molecule has 1 aromatic heterocycles. The number of nitrogens with zero attached hydrogens (tertiary/aromatic N) is 2. The second kappa shape index (κ2) is 6.82. The van der Waals surface area contributed by atoms with Crippen LogP contribution in [0.2, 0.25) is 0 Å². The summed E-state index contributed by atoms with van der Waals surface area (Å²) >= 11 is 0. The van der Waals surface area contributed by atoms with Crippen molar-refractivity contribution in [2.75, 3.05) is 20.3 Å². The van der Waals surface area contributed by atoms with Crippen molar-refractivity contribution in [2.45, 2.75) is 6.61 Å². The van der Waals surface area contributed by atoms with Gasteiger partial charge in [-0.25, -0.2) is 4.79 Å². The number of carbonyl (C=O) groups is 1. The first-order valence-electron chi connectivity index (χ1n) is 6.85. The topological polar surface area (TPSA) is 92.9 Å². The molecule has 0 N–H and O–H groups in total. The van der Waals surface area contributed by atoms with Gasteiger partial charge in [0.25, 0.3) is 5.89 Å². The smallest absolute Gasteiger partial charge is 0.377 e. The SMILES string of the molecule is COc1cccc(-c2noc(COC(=O)C3=COCCO3)n2)c1. The first-order valence-corrected chi connectivity index (χ1v) is 6.85. The summed E-state index contributed by atoms with van der Waals surface area (Å²) < 4.78 is 25.3. The fourth-order valence-corrected chi connectivity index (χ4v) is 1.87. The van der Waals surface area contributed by atoms with Gasteiger partial charge in [-0.15, -0.1) is 0 Å². The number of methoxy groups -OCH3 is 1. The maximum atomic E-state index is 11.7. The molecule has 0 fully saturated rings. The fraction of sp³-hybridized carbons (Fsp3) is 0.267. The Morgan fingerprint density at radius 3 is 3.04 bits per heavy atom. The van der Waals surface area contributed by atoms with Crippen molar-refractivity contribution in [3.05, 3.63) is 42.2 Å². The van der Waals surface area contributed by atoms with E-state index in [9.17, 15) is 4.79 Å². The van der Waals surface area contributed by atoms with Gasteiger partial charge in [0, 0.05) is 5.56 Å². The highest BCUT2D eigenvalue weighted by molar-refractivity contribution is 5.85. The monoisotopic (exact) mass is 318 g/mol. The molecule has 0 spiro atoms. The first kappa shape index (κ1) is 14.9. The van der Waals surface area contributed by atoms with Crippen molar-refractivity contribution < 1.29 is 28.3 Å². The van der Waals surface area contributed by atoms with Crippen LogP contribution in [0.4, 0.5) is 0 Å². The van der Waals surface area contributed by atoms with Gasteiger partial charge in [-0.2, -0.15) is 4.98 Å². The average molecular weight is 318 g/mol. The van der Waals surface area contributed by atoms with Crippen LogP contribution in [0.1, 0.15) is 5.89 Å². The van der Waals surface area contributed by atoms with Crippen LogP contribution in [0.25, 0.3) is 11.4 Å². The number of hydrogen-bond acceptors (Lipinski definition) is 8. The highest BCUT2D eigenvalue weighted by Crippen LogP contribution is 2.21. The van der Waals surface area contributed by atoms with Crippen LogP contribution in [0.5, 0.6) is 5.75 Å². The molecule has 0 amide bonds. The zero-order valence-corrected chi connectivity index (χ0v) is 12.4. The first-order chi connectivity index (χ1) is 11.3. The molecule has 2 aromatic rings. The number of benzene rings is 1. The van der Waals surface area contributed by atoms with Crippen molar-refractivity contribution in [1.82, 2.24) is 10.1 Å². The summed E-state index contributed by atoms with van der Waals surface area (Å²) in [5, 5.41) is 3.85. The zero-order chi connectivity index (χ0) is 16.1. The third kappa shape index (κ3) is 3.60. The minimum atomic E-state index is -0.647. The molecule has 0 saturated carbocycles. The van der Waals surface area contributed by atoms with E-state index in [0.717, 1.165) is 5.56 Å². The average Bonchev–Trinajstić information content (AvgIpc) is 3.09. The van der Waals surface area contributed by atoms with Crippen molar-refractivity contribution in [2.24, 2.45) is 0 Å². The minimum Gasteiger partial charge on any atom is -0.497 e. The standard InChI is InChI=1S/C15H14N2O6/c1-19-11-4-2-3-10(7-11)14-16-13(23-17-14)9-22-15(18)12-8-20-5-6-21-12/h2-4,7-8H,5-6,9H2,1H3. The quantitative estimate of drug-likeness (QED) is 0.769. The molecule has 1 aliphatic heterocycles. The molecule has 0 unspecified atom stereocenters. The Morgan fingerprint density at radius 1 is 1.35 bits per heavy atom. The van der Waals surface area contributed by atoms with Crippen LogP contribution in [0, 0.1) is 0 Å². The molecule has 23 heavy (non-hydrogen) atoms. The Balaban J connectivity index is 1.63. The third-order valence-corrected chi connectivity index (χ3v) is 2.97. The zero-order valence-electron chi connectivity index (χ0n) is 12.4. The number of aromatic nitrogens is 2. The lowest BCUT2D eigenvalue weighted by atomic mass is 10.2. The van der Waals surface area contributed by atoms with E-state index >= 15 is 0 Å². The van der Waals surface area contributed by atoms with E-state index in [-0.39, 0.29) is 18.3 Å². The van der Waals surface area contributed by atoms with E-state index in [2.05, 4.69) is 10.1 Å². The number of carbonyl (C=O) groups excluding carboxylic acids is 1. The molecule has 3 rings (SSSR count). The molecular formula is C15H14N2O6. The van der Waals surface area contributed by atoms with Crippen molar-refractivity contribution in [3.63, 3.8) is 0 Å². The number of ether oxygens (including phenoxy) is 4. The molecule has 1 aromatic carbocycles. The van der Waals surface area contributed by atoms with Gasteiger partial charge in [0.2, 0.25) is 11.6 Å². The van der Waals surface area contributed by atoms with Gasteiger partial charge in [0.05, 0.1) is 7.11 Å². The van der Waals surface area contributed by atoms with Crippen LogP contribution >= 0.6 is 0 Å². The summed E-state index contributed by atoms with van der Waals surface area (Å²) in [7, 11) is 1.58. The molecule has 0 radical (unpaired) electrons. The fourth-order valence-electron chi connectivity index (χ4n) is 1.87. The van der Waals surface area contributed by atoms with Crippen LogP contribution < -0.4 is 4.74 Å². The molecular weight excluding hydrogens is 304 g/mol. The van der Waals surface area contributed by atoms with Gasteiger partial charge in [-0.3, -0.25) is 0 Å². The van der Waals surface area contributed by atoms with Gasteiger partial charge < -0.3 is 23.5 Å². The Kier molecular flexibility index (Phi) is 4.41. The van der Waals surface area contributed by atoms with Gasteiger partial charge in [0.1, 0.15) is 25.2 Å². The van der Waals surface area contributed by atoms with E-state index in [1.807, 2.05) is 18.2 Å². The number of rotatable bonds is 5. The number of esters is 1. The van der Waals surface area contributed by atoms with E-state index in [1.165, 1.54) is 6.26 Å². The summed E-state index contributed by atoms with van der Waals surface area (Å²) in [6.07, 6.45) is 1.22. The van der Waals surface area contributed by atoms with Gasteiger partial charge in [-0.05, 0) is 12.1 Å². The molecule has 1 aliphatic rings. The minimum absolute atomic E-state index is 0.0174. The molecule has 0 saturated heterocycles. The van der Waals surface area contributed by atoms with E-state index in [1.54, 1.807) is 13.2 Å². The van der Waals surface area contributed by atoms with E-state index in [0.29, 0.717) is 24.8 Å². The third-order valence-electron chi connectivity index (χ3n) is 2.97. The Labute approximate surface area is 131 Å². The maximum Gasteiger partial charge on any atom is 0.377 e. The lowest BCUT2D eigenvalue weighted by Gasteiger charge is -2.13. The predicted molar refractivity (Wildman–Crippen MR) is 76.1 cm³/mol. The predicted octanol–water partition coefficient (Wildman–Crippen LogP) is 1.68. The Morgan fingerprint density at radius 2 is 2.26 bits per heavy atom. The van der Waals surface area contributed by atoms with Gasteiger partial charge in [-0.1, -0.05) is 17.3 Å². The summed E-state index contributed by atoms with van der Waals surface area (Å²) in [5.41, 5.74) is 0.734. The maximum absolute atomic E-state index is 11.7. The highest BCUT2D eigenvalue weighted by Gasteiger charge is 2.18. The van der Waals surface area contributed by atoms with Crippen molar-refractivity contribution in [1.29, 1.82) is 0 Å². The molecule has 8 heteroatoms. The van der Waals surface area contributed by atoms with Crippen molar-refractivity contribution >= 4 is 5.97 Å². The summed E-state index contributed by atoms with van der Waals surface area (Å²) in [6.45, 7) is 0.558. The molecule has 0 atom stereocenters. The van der Waals surface area contributed by atoms with Gasteiger partial charge >= 0.3 is 5.97 Å².